The first-order valence-corrected chi connectivity index (χ1v) is 8.99. The molecule has 0 fully saturated rings. The Morgan fingerprint density at radius 3 is 2.38 bits per heavy atom. The lowest BCUT2D eigenvalue weighted by atomic mass is 10.2. The molecule has 0 amide bonds. The second kappa shape index (κ2) is 6.63. The van der Waals surface area contributed by atoms with E-state index in [1.165, 1.54) is 10.6 Å². The summed E-state index contributed by atoms with van der Waals surface area (Å²) in [6, 6.07) is 20.2. The lowest BCUT2D eigenvalue weighted by Gasteiger charge is -2.11. The fourth-order valence-electron chi connectivity index (χ4n) is 3.49. The molecule has 5 aromatic rings. The molecule has 0 saturated heterocycles. The zero-order valence-corrected chi connectivity index (χ0v) is 15.1. The number of hydrogen-bond donors (Lipinski definition) is 0. The summed E-state index contributed by atoms with van der Waals surface area (Å²) in [5, 5.41) is 8.89. The number of nitrogens with zero attached hydrogens (tertiary/aromatic N) is 4. The van der Waals surface area contributed by atoms with E-state index in [1.807, 2.05) is 30.3 Å². The van der Waals surface area contributed by atoms with E-state index in [4.69, 9.17) is 0 Å². The van der Waals surface area contributed by atoms with Crippen molar-refractivity contribution in [1.29, 1.82) is 0 Å². The molecule has 7 heteroatoms. The first-order valence-electron chi connectivity index (χ1n) is 8.99. The van der Waals surface area contributed by atoms with Crippen molar-refractivity contribution in [3.63, 3.8) is 0 Å². The topological polar surface area (TPSA) is 52.2 Å². The van der Waals surface area contributed by atoms with E-state index < -0.39 is 11.6 Å². The highest BCUT2D eigenvalue weighted by Gasteiger charge is 2.18. The van der Waals surface area contributed by atoms with Gasteiger partial charge in [0.05, 0.1) is 17.4 Å². The van der Waals surface area contributed by atoms with Crippen LogP contribution in [0.2, 0.25) is 0 Å². The number of aromatic nitrogens is 4. The summed E-state index contributed by atoms with van der Waals surface area (Å²) in [6.07, 6.45) is 0. The molecule has 142 valence electrons. The molecule has 2 aromatic heterocycles. The van der Waals surface area contributed by atoms with Crippen LogP contribution in [-0.4, -0.2) is 19.2 Å². The van der Waals surface area contributed by atoms with Crippen molar-refractivity contribution in [2.24, 2.45) is 0 Å². The van der Waals surface area contributed by atoms with Crippen LogP contribution in [0.3, 0.4) is 0 Å². The van der Waals surface area contributed by atoms with Crippen molar-refractivity contribution in [3.05, 3.63) is 100 Å². The van der Waals surface area contributed by atoms with Crippen LogP contribution in [0.25, 0.3) is 28.1 Å². The zero-order chi connectivity index (χ0) is 20.0. The normalized spacial score (nSPS) is 11.4. The number of para-hydroxylation sites is 1. The Morgan fingerprint density at radius 1 is 0.828 bits per heavy atom. The first kappa shape index (κ1) is 17.2. The zero-order valence-electron chi connectivity index (χ0n) is 15.1. The van der Waals surface area contributed by atoms with Crippen LogP contribution >= 0.6 is 0 Å². The molecule has 0 bridgehead atoms. The molecular weight excluding hydrogens is 374 g/mol. The summed E-state index contributed by atoms with van der Waals surface area (Å²) in [5.74, 6) is -1.25. The van der Waals surface area contributed by atoms with Gasteiger partial charge in [-0.05, 0) is 35.9 Å². The van der Waals surface area contributed by atoms with E-state index in [0.29, 0.717) is 34.6 Å². The summed E-state index contributed by atoms with van der Waals surface area (Å²) in [7, 11) is 0. The summed E-state index contributed by atoms with van der Waals surface area (Å²) >= 11 is 0. The third-order valence-electron chi connectivity index (χ3n) is 4.87. The van der Waals surface area contributed by atoms with E-state index in [9.17, 15) is 13.6 Å². The van der Waals surface area contributed by atoms with Crippen molar-refractivity contribution < 1.29 is 8.78 Å². The van der Waals surface area contributed by atoms with Gasteiger partial charge in [-0.3, -0.25) is 13.8 Å². The molecule has 2 heterocycles. The van der Waals surface area contributed by atoms with Gasteiger partial charge in [0.15, 0.2) is 17.5 Å². The van der Waals surface area contributed by atoms with Crippen LogP contribution in [0.1, 0.15) is 5.56 Å². The lowest BCUT2D eigenvalue weighted by molar-refractivity contribution is 0.509. The molecule has 0 radical (unpaired) electrons. The van der Waals surface area contributed by atoms with Gasteiger partial charge in [-0.1, -0.05) is 42.5 Å². The minimum Gasteiger partial charge on any atom is -0.272 e. The highest BCUT2D eigenvalue weighted by molar-refractivity contribution is 5.82. The Hall–Kier alpha value is -3.87. The Morgan fingerprint density at radius 2 is 1.59 bits per heavy atom. The molecular formula is C22H14F2N4O. The molecule has 5 nitrogen and oxygen atoms in total. The molecule has 3 aromatic carbocycles. The molecule has 0 aliphatic carbocycles. The predicted octanol–water partition coefficient (Wildman–Crippen LogP) is 4.04. The van der Waals surface area contributed by atoms with Crippen molar-refractivity contribution in [2.75, 3.05) is 0 Å². The molecule has 0 unspecified atom stereocenters. The average Bonchev–Trinajstić information content (AvgIpc) is 3.19. The minimum absolute atomic E-state index is 0.193. The minimum atomic E-state index is -0.971. The Bertz CT molecular complexity index is 1420. The number of halogens is 2. The quantitative estimate of drug-likeness (QED) is 0.469. The maximum Gasteiger partial charge on any atom is 0.263 e. The Labute approximate surface area is 163 Å². The van der Waals surface area contributed by atoms with Crippen molar-refractivity contribution >= 4 is 16.7 Å². The first-order chi connectivity index (χ1) is 14.1. The van der Waals surface area contributed by atoms with Crippen molar-refractivity contribution in [3.8, 4) is 11.4 Å². The molecule has 29 heavy (non-hydrogen) atoms. The Balaban J connectivity index is 1.84. The highest BCUT2D eigenvalue weighted by Crippen LogP contribution is 2.24. The van der Waals surface area contributed by atoms with Gasteiger partial charge >= 0.3 is 0 Å². The van der Waals surface area contributed by atoms with Crippen LogP contribution in [-0.2, 0) is 6.54 Å². The predicted molar refractivity (Wildman–Crippen MR) is 106 cm³/mol. The molecule has 0 atom stereocenters. The Kier molecular flexibility index (Phi) is 3.94. The van der Waals surface area contributed by atoms with Crippen molar-refractivity contribution in [2.45, 2.75) is 6.54 Å². The molecule has 0 spiro atoms. The highest BCUT2D eigenvalue weighted by atomic mass is 19.2. The molecule has 0 saturated carbocycles. The fourth-order valence-corrected chi connectivity index (χ4v) is 3.49. The van der Waals surface area contributed by atoms with Gasteiger partial charge in [0.25, 0.3) is 5.56 Å². The van der Waals surface area contributed by atoms with Gasteiger partial charge in [-0.15, -0.1) is 10.2 Å². The number of rotatable bonds is 3. The van der Waals surface area contributed by atoms with Gasteiger partial charge in [0, 0.05) is 5.56 Å². The van der Waals surface area contributed by atoms with Gasteiger partial charge in [0.1, 0.15) is 0 Å². The van der Waals surface area contributed by atoms with E-state index in [0.717, 1.165) is 17.7 Å². The van der Waals surface area contributed by atoms with Crippen LogP contribution in [0.15, 0.2) is 77.6 Å². The second-order valence-electron chi connectivity index (χ2n) is 6.68. The van der Waals surface area contributed by atoms with Gasteiger partial charge < -0.3 is 0 Å². The monoisotopic (exact) mass is 388 g/mol. The lowest BCUT2D eigenvalue weighted by Crippen LogP contribution is -2.24. The SMILES string of the molecule is O=c1c2ccccc2n2c(-c3ccc(F)c(F)c3)nnc2n1Cc1ccccc1. The maximum absolute atomic E-state index is 13.8. The van der Waals surface area contributed by atoms with Gasteiger partial charge in [0.2, 0.25) is 5.78 Å². The molecule has 0 aliphatic rings. The van der Waals surface area contributed by atoms with Crippen LogP contribution in [0.4, 0.5) is 8.78 Å². The maximum atomic E-state index is 13.8. The van der Waals surface area contributed by atoms with Crippen molar-refractivity contribution in [1.82, 2.24) is 19.2 Å². The second-order valence-corrected chi connectivity index (χ2v) is 6.68. The molecule has 0 N–H and O–H groups in total. The average molecular weight is 388 g/mol. The summed E-state index contributed by atoms with van der Waals surface area (Å²) in [4.78, 5) is 13.2. The standard InChI is InChI=1S/C22H14F2N4O/c23-17-11-10-15(12-18(17)24)20-25-26-22-27(13-14-6-2-1-3-7-14)21(29)16-8-4-5-9-19(16)28(20)22/h1-12H,13H2. The van der Waals surface area contributed by atoms with Crippen LogP contribution in [0.5, 0.6) is 0 Å². The number of hydrogen-bond acceptors (Lipinski definition) is 3. The fraction of sp³-hybridized carbons (Fsp3) is 0.0455. The summed E-state index contributed by atoms with van der Waals surface area (Å²) < 4.78 is 30.5. The van der Waals surface area contributed by atoms with E-state index in [-0.39, 0.29) is 5.56 Å². The summed E-state index contributed by atoms with van der Waals surface area (Å²) in [6.45, 7) is 0.309. The number of fused-ring (bicyclic) bond motifs is 3. The third-order valence-corrected chi connectivity index (χ3v) is 4.87. The third kappa shape index (κ3) is 2.79. The van der Waals surface area contributed by atoms with E-state index in [2.05, 4.69) is 10.2 Å². The summed E-state index contributed by atoms with van der Waals surface area (Å²) in [5.41, 5.74) is 1.71. The van der Waals surface area contributed by atoms with Gasteiger partial charge in [-0.2, -0.15) is 0 Å². The molecule has 0 aliphatic heterocycles. The van der Waals surface area contributed by atoms with Gasteiger partial charge in [-0.25, -0.2) is 8.78 Å². The number of benzene rings is 3. The molecule has 5 rings (SSSR count). The largest absolute Gasteiger partial charge is 0.272 e. The van der Waals surface area contributed by atoms with Crippen LogP contribution in [0, 0.1) is 11.6 Å². The van der Waals surface area contributed by atoms with Crippen LogP contribution < -0.4 is 5.56 Å². The van der Waals surface area contributed by atoms with E-state index >= 15 is 0 Å². The van der Waals surface area contributed by atoms with E-state index in [1.54, 1.807) is 28.7 Å². The smallest absolute Gasteiger partial charge is 0.263 e.